The molecular weight excluding hydrogens is 488 g/mol. The highest BCUT2D eigenvalue weighted by Crippen LogP contribution is 2.41. The summed E-state index contributed by atoms with van der Waals surface area (Å²) in [6.45, 7) is 14.3. The summed E-state index contributed by atoms with van der Waals surface area (Å²) in [5, 5.41) is 5.97. The molecule has 11 heteroatoms. The molecule has 0 spiro atoms. The Kier molecular flexibility index (Phi) is 10.1. The Morgan fingerprint density at radius 1 is 1.21 bits per heavy atom. The topological polar surface area (TPSA) is 140 Å². The molecule has 2 amide bonds. The van der Waals surface area contributed by atoms with Gasteiger partial charge < -0.3 is 14.8 Å². The lowest BCUT2D eigenvalue weighted by Gasteiger charge is -2.37. The molecule has 1 unspecified atom stereocenters. The van der Waals surface area contributed by atoms with Crippen LogP contribution < -0.4 is 21.8 Å². The van der Waals surface area contributed by atoms with E-state index in [2.05, 4.69) is 21.1 Å². The van der Waals surface area contributed by atoms with E-state index < -0.39 is 17.3 Å². The van der Waals surface area contributed by atoms with E-state index in [1.165, 1.54) is 38.4 Å². The lowest BCUT2D eigenvalue weighted by Crippen LogP contribution is -2.55. The van der Waals surface area contributed by atoms with Crippen molar-refractivity contribution in [2.75, 3.05) is 13.1 Å². The molecule has 5 N–H and O–H groups in total. The van der Waals surface area contributed by atoms with Gasteiger partial charge in [0.05, 0.1) is 12.1 Å². The van der Waals surface area contributed by atoms with E-state index in [-0.39, 0.29) is 36.0 Å². The second-order valence-electron chi connectivity index (χ2n) is 12.7. The molecule has 38 heavy (non-hydrogen) atoms. The van der Waals surface area contributed by atoms with Crippen LogP contribution in [0.25, 0.3) is 0 Å². The third-order valence-electron chi connectivity index (χ3n) is 7.62. The summed E-state index contributed by atoms with van der Waals surface area (Å²) in [5.74, 6) is -1.03. The van der Waals surface area contributed by atoms with Crippen LogP contribution in [0.3, 0.4) is 0 Å². The average Bonchev–Trinajstić information content (AvgIpc) is 3.34. The Labute approximate surface area is 227 Å². The van der Waals surface area contributed by atoms with Crippen LogP contribution in [-0.2, 0) is 19.1 Å². The van der Waals surface area contributed by atoms with E-state index in [0.29, 0.717) is 25.4 Å². The number of nitrogens with zero attached hydrogens (tertiary/aromatic N) is 2. The number of carbonyl (C=O) groups excluding carboxylic acids is 2. The van der Waals surface area contributed by atoms with Crippen molar-refractivity contribution in [3.63, 3.8) is 0 Å². The maximum absolute atomic E-state index is 13.4. The number of aliphatic imine (C=N–C) groups is 1. The van der Waals surface area contributed by atoms with E-state index >= 15 is 0 Å². The molecule has 0 radical (unpaired) electrons. The summed E-state index contributed by atoms with van der Waals surface area (Å²) in [4.78, 5) is 37.6. The molecule has 2 aliphatic heterocycles. The van der Waals surface area contributed by atoms with E-state index in [9.17, 15) is 9.59 Å². The highest BCUT2D eigenvalue weighted by atomic mass is 16.7. The molecule has 218 valence electrons. The number of hydrogen-bond donors (Lipinski definition) is 4. The molecule has 2 heterocycles. The van der Waals surface area contributed by atoms with Crippen molar-refractivity contribution >= 4 is 18.3 Å². The number of nitrogens with two attached hydrogens (primary N) is 1. The van der Waals surface area contributed by atoms with Crippen LogP contribution in [0.1, 0.15) is 93.4 Å². The smallest absolute Gasteiger partial charge is 0.412 e. The summed E-state index contributed by atoms with van der Waals surface area (Å²) in [5.41, 5.74) is 6.96. The fourth-order valence-corrected chi connectivity index (χ4v) is 5.80. The maximum atomic E-state index is 13.4. The number of carbonyl (C=O) groups is 2. The second-order valence-corrected chi connectivity index (χ2v) is 12.7. The molecule has 1 aliphatic carbocycles. The Hall–Kier alpha value is -1.95. The van der Waals surface area contributed by atoms with Crippen LogP contribution in [0.15, 0.2) is 4.99 Å². The highest BCUT2D eigenvalue weighted by molar-refractivity contribution is 5.79. The van der Waals surface area contributed by atoms with Gasteiger partial charge in [-0.15, -0.1) is 0 Å². The zero-order valence-corrected chi connectivity index (χ0v) is 24.3. The molecule has 0 aromatic carbocycles. The standard InChI is InChI=1S/C27H50N6O5/c1-18(2)20(23(34)29-13-14-30-27(28)31-17-32-38-27)16-22-21(15-19-11-9-8-10-12-19)33(26(6,7)36-22)24(35)37-25(3,4)5/h17-22,30H,8-16,28H2,1-7H3,(H,29,34)(H,31,32)/t20-,21-,22-,27?/m0/s1. The fourth-order valence-electron chi connectivity index (χ4n) is 5.80. The van der Waals surface area contributed by atoms with E-state index in [0.717, 1.165) is 6.42 Å². The van der Waals surface area contributed by atoms with Crippen molar-refractivity contribution in [1.82, 2.24) is 21.0 Å². The Bertz CT molecular complexity index is 838. The second kappa shape index (κ2) is 12.5. The summed E-state index contributed by atoms with van der Waals surface area (Å²) in [6, 6.07) is -0.152. The first-order valence-electron chi connectivity index (χ1n) is 14.2. The predicted molar refractivity (Wildman–Crippen MR) is 146 cm³/mol. The van der Waals surface area contributed by atoms with Crippen LogP contribution in [0.2, 0.25) is 0 Å². The van der Waals surface area contributed by atoms with Crippen molar-refractivity contribution in [3.05, 3.63) is 0 Å². The summed E-state index contributed by atoms with van der Waals surface area (Å²) in [6.07, 6.45) is 8.17. The summed E-state index contributed by atoms with van der Waals surface area (Å²) in [7, 11) is 0. The number of rotatable bonds is 10. The Balaban J connectivity index is 1.70. The minimum atomic E-state index is -1.33. The van der Waals surface area contributed by atoms with Gasteiger partial charge in [-0.1, -0.05) is 46.0 Å². The maximum Gasteiger partial charge on any atom is 0.412 e. The third kappa shape index (κ3) is 8.27. The van der Waals surface area contributed by atoms with Crippen molar-refractivity contribution in [2.24, 2.45) is 28.5 Å². The molecule has 1 saturated carbocycles. The zero-order valence-electron chi connectivity index (χ0n) is 24.3. The predicted octanol–water partition coefficient (Wildman–Crippen LogP) is 3.20. The molecule has 0 aromatic rings. The van der Waals surface area contributed by atoms with Gasteiger partial charge in [-0.25, -0.2) is 14.6 Å². The number of ether oxygens (including phenoxy) is 2. The molecule has 1 saturated heterocycles. The number of amides is 2. The van der Waals surface area contributed by atoms with Gasteiger partial charge in [0.1, 0.15) is 17.7 Å². The first-order chi connectivity index (χ1) is 17.7. The fraction of sp³-hybridized carbons (Fsp3) is 0.889. The number of nitrogens with one attached hydrogen (secondary N) is 3. The Morgan fingerprint density at radius 3 is 2.47 bits per heavy atom. The van der Waals surface area contributed by atoms with Gasteiger partial charge in [-0.05, 0) is 59.3 Å². The van der Waals surface area contributed by atoms with Gasteiger partial charge in [-0.2, -0.15) is 0 Å². The van der Waals surface area contributed by atoms with Gasteiger partial charge >= 0.3 is 6.09 Å². The number of hydroxylamine groups is 1. The molecule has 4 atom stereocenters. The van der Waals surface area contributed by atoms with Crippen LogP contribution in [0.4, 0.5) is 4.79 Å². The molecule has 2 fully saturated rings. The quantitative estimate of drug-likeness (QED) is 0.246. The van der Waals surface area contributed by atoms with Gasteiger partial charge in [0, 0.05) is 19.0 Å². The van der Waals surface area contributed by atoms with E-state index in [1.807, 2.05) is 48.5 Å². The molecule has 11 nitrogen and oxygen atoms in total. The number of hydrogen-bond acceptors (Lipinski definition) is 9. The molecule has 3 aliphatic rings. The van der Waals surface area contributed by atoms with Crippen LogP contribution in [0, 0.1) is 17.8 Å². The summed E-state index contributed by atoms with van der Waals surface area (Å²) >= 11 is 0. The first-order valence-corrected chi connectivity index (χ1v) is 14.2. The van der Waals surface area contributed by atoms with Crippen LogP contribution in [0.5, 0.6) is 0 Å². The van der Waals surface area contributed by atoms with Crippen molar-refractivity contribution < 1.29 is 23.9 Å². The molecule has 3 rings (SSSR count). The Morgan fingerprint density at radius 2 is 1.89 bits per heavy atom. The largest absolute Gasteiger partial charge is 0.444 e. The van der Waals surface area contributed by atoms with Gasteiger partial charge in [0.2, 0.25) is 5.91 Å². The summed E-state index contributed by atoms with van der Waals surface area (Å²) < 4.78 is 12.4. The highest BCUT2D eigenvalue weighted by Gasteiger charge is 2.52. The lowest BCUT2D eigenvalue weighted by atomic mass is 9.81. The lowest BCUT2D eigenvalue weighted by molar-refractivity contribution is -0.129. The normalized spacial score (nSPS) is 28.4. The molecule has 0 aromatic heterocycles. The van der Waals surface area contributed by atoms with Gasteiger partial charge in [0.15, 0.2) is 0 Å². The minimum absolute atomic E-state index is 0.0459. The van der Waals surface area contributed by atoms with E-state index in [1.54, 1.807) is 4.90 Å². The van der Waals surface area contributed by atoms with Crippen molar-refractivity contribution in [2.45, 2.75) is 123 Å². The van der Waals surface area contributed by atoms with Crippen LogP contribution in [-0.4, -0.2) is 65.8 Å². The third-order valence-corrected chi connectivity index (χ3v) is 7.62. The first kappa shape index (κ1) is 30.6. The van der Waals surface area contributed by atoms with Gasteiger partial charge in [0.25, 0.3) is 5.97 Å². The average molecular weight is 539 g/mol. The molecule has 0 bridgehead atoms. The van der Waals surface area contributed by atoms with E-state index in [4.69, 9.17) is 20.0 Å². The minimum Gasteiger partial charge on any atom is -0.444 e. The SMILES string of the molecule is CC(C)[C@H](C[C@@H]1OC(C)(C)N(C(=O)OC(C)(C)C)[C@H]1CC1CCCCC1)C(=O)NCCNC1(N)N=CNO1. The van der Waals surface area contributed by atoms with Crippen molar-refractivity contribution in [1.29, 1.82) is 0 Å². The molecular formula is C27H50N6O5. The van der Waals surface area contributed by atoms with Crippen LogP contribution >= 0.6 is 0 Å². The zero-order chi connectivity index (χ0) is 28.1. The van der Waals surface area contributed by atoms with Crippen molar-refractivity contribution in [3.8, 4) is 0 Å². The monoisotopic (exact) mass is 538 g/mol. The van der Waals surface area contributed by atoms with Gasteiger partial charge in [-0.3, -0.25) is 26.2 Å².